The average molecular weight is 800 g/mol. The zero-order valence-electron chi connectivity index (χ0n) is 34.2. The molecular formula is C60H37N3. The Hall–Kier alpha value is -8.45. The minimum atomic E-state index is -0.474. The number of hydrogen-bond donors (Lipinski definition) is 0. The first-order chi connectivity index (χ1) is 31.2. The summed E-state index contributed by atoms with van der Waals surface area (Å²) in [5.74, 6) is 0.693. The van der Waals surface area contributed by atoms with Crippen LogP contribution in [-0.4, -0.2) is 9.97 Å². The second kappa shape index (κ2) is 14.6. The summed E-state index contributed by atoms with van der Waals surface area (Å²) >= 11 is 0. The molecule has 0 amide bonds. The zero-order valence-corrected chi connectivity index (χ0v) is 34.2. The Labute approximate surface area is 366 Å². The van der Waals surface area contributed by atoms with Crippen molar-refractivity contribution in [2.45, 2.75) is 5.41 Å². The molecule has 1 aromatic heterocycles. The Morgan fingerprint density at radius 2 is 0.762 bits per heavy atom. The molecule has 0 saturated heterocycles. The molecule has 1 heterocycles. The quantitative estimate of drug-likeness (QED) is 0.168. The molecule has 0 atom stereocenters. The van der Waals surface area contributed by atoms with Gasteiger partial charge in [0.25, 0.3) is 0 Å². The first-order valence-electron chi connectivity index (χ1n) is 21.4. The minimum Gasteiger partial charge on any atom is -0.228 e. The summed E-state index contributed by atoms with van der Waals surface area (Å²) in [6, 6.07) is 82.3. The predicted octanol–water partition coefficient (Wildman–Crippen LogP) is 14.7. The highest BCUT2D eigenvalue weighted by atomic mass is 14.9. The minimum absolute atomic E-state index is 0.474. The Morgan fingerprint density at radius 1 is 0.302 bits per heavy atom. The van der Waals surface area contributed by atoms with Gasteiger partial charge in [-0.1, -0.05) is 182 Å². The summed E-state index contributed by atoms with van der Waals surface area (Å²) in [4.78, 5) is 10.2. The molecule has 0 fully saturated rings. The Kier molecular flexibility index (Phi) is 8.45. The maximum atomic E-state index is 9.75. The Morgan fingerprint density at radius 3 is 1.37 bits per heavy atom. The fourth-order valence-electron chi connectivity index (χ4n) is 10.1. The van der Waals surface area contributed by atoms with E-state index < -0.39 is 5.41 Å². The van der Waals surface area contributed by atoms with E-state index in [1.54, 1.807) is 0 Å². The lowest BCUT2D eigenvalue weighted by Crippen LogP contribution is -2.25. The van der Waals surface area contributed by atoms with Crippen LogP contribution in [0, 0.1) is 11.3 Å². The number of aromatic nitrogens is 2. The molecule has 0 unspecified atom stereocenters. The van der Waals surface area contributed by atoms with E-state index in [4.69, 9.17) is 9.97 Å². The van der Waals surface area contributed by atoms with E-state index in [0.717, 1.165) is 61.5 Å². The maximum Gasteiger partial charge on any atom is 0.160 e. The molecule has 292 valence electrons. The van der Waals surface area contributed by atoms with Crippen LogP contribution in [0.4, 0.5) is 0 Å². The van der Waals surface area contributed by atoms with E-state index >= 15 is 0 Å². The highest BCUT2D eigenvalue weighted by molar-refractivity contribution is 5.99. The van der Waals surface area contributed by atoms with Crippen molar-refractivity contribution < 1.29 is 0 Å². The molecule has 3 nitrogen and oxygen atoms in total. The van der Waals surface area contributed by atoms with E-state index in [1.807, 2.05) is 48.5 Å². The fraction of sp³-hybridized carbons (Fsp3) is 0.0167. The van der Waals surface area contributed by atoms with Crippen LogP contribution < -0.4 is 0 Å². The molecule has 2 aliphatic carbocycles. The van der Waals surface area contributed by atoms with Gasteiger partial charge in [-0.15, -0.1) is 0 Å². The Balaban J connectivity index is 1.04. The van der Waals surface area contributed by atoms with Gasteiger partial charge in [-0.2, -0.15) is 5.26 Å². The number of fused-ring (bicyclic) bond motifs is 10. The van der Waals surface area contributed by atoms with Gasteiger partial charge in [-0.3, -0.25) is 0 Å². The molecule has 63 heavy (non-hydrogen) atoms. The van der Waals surface area contributed by atoms with Crippen molar-refractivity contribution in [3.8, 4) is 95.6 Å². The lowest BCUT2D eigenvalue weighted by molar-refractivity contribution is 0.794. The lowest BCUT2D eigenvalue weighted by Gasteiger charge is -2.31. The van der Waals surface area contributed by atoms with Gasteiger partial charge < -0.3 is 0 Å². The van der Waals surface area contributed by atoms with E-state index in [0.29, 0.717) is 11.4 Å². The average Bonchev–Trinajstić information content (AvgIpc) is 3.83. The van der Waals surface area contributed by atoms with Crippen LogP contribution in [0.5, 0.6) is 0 Å². The van der Waals surface area contributed by atoms with Gasteiger partial charge in [0.1, 0.15) is 0 Å². The zero-order chi connectivity index (χ0) is 41.9. The van der Waals surface area contributed by atoms with Crippen molar-refractivity contribution in [1.29, 1.82) is 5.26 Å². The maximum absolute atomic E-state index is 9.75. The molecule has 0 N–H and O–H groups in total. The van der Waals surface area contributed by atoms with Gasteiger partial charge in [0.15, 0.2) is 5.82 Å². The molecular weight excluding hydrogens is 763 g/mol. The van der Waals surface area contributed by atoms with Crippen LogP contribution in [0.3, 0.4) is 0 Å². The molecule has 3 heteroatoms. The normalized spacial score (nSPS) is 12.6. The van der Waals surface area contributed by atoms with Crippen LogP contribution in [0.15, 0.2) is 224 Å². The fourth-order valence-corrected chi connectivity index (χ4v) is 10.1. The largest absolute Gasteiger partial charge is 0.228 e. The van der Waals surface area contributed by atoms with E-state index in [1.165, 1.54) is 44.5 Å². The van der Waals surface area contributed by atoms with Crippen molar-refractivity contribution in [3.05, 3.63) is 252 Å². The van der Waals surface area contributed by atoms with Gasteiger partial charge in [0, 0.05) is 16.7 Å². The molecule has 0 radical (unpaired) electrons. The molecule has 12 rings (SSSR count). The topological polar surface area (TPSA) is 49.6 Å². The van der Waals surface area contributed by atoms with Crippen LogP contribution in [0.1, 0.15) is 27.8 Å². The second-order valence-electron chi connectivity index (χ2n) is 16.4. The highest BCUT2D eigenvalue weighted by Crippen LogP contribution is 2.63. The standard InChI is InChI=1S/C60H37N3/c61-38-39-29-31-40(32-30-39)50-35-52-49-25-9-12-28-55(49)60(53-26-10-7-23-47(53)48-24-8-11-27-54(48)60)56(52)36-51(50)45-21-13-19-43(33-45)44-20-14-22-46(34-44)58-37-57(41-15-3-1-4-16-41)62-59(63-58)42-17-5-2-6-18-42/h1-37H. The van der Waals surface area contributed by atoms with Crippen LogP contribution >= 0.6 is 0 Å². The molecule has 0 saturated carbocycles. The number of rotatable bonds is 6. The summed E-state index contributed by atoms with van der Waals surface area (Å²) < 4.78 is 0. The van der Waals surface area contributed by atoms with E-state index in [2.05, 4.69) is 182 Å². The smallest absolute Gasteiger partial charge is 0.160 e. The van der Waals surface area contributed by atoms with E-state index in [-0.39, 0.29) is 0 Å². The van der Waals surface area contributed by atoms with Crippen LogP contribution in [0.2, 0.25) is 0 Å². The summed E-state index contributed by atoms with van der Waals surface area (Å²) in [6.07, 6.45) is 0. The lowest BCUT2D eigenvalue weighted by atomic mass is 9.70. The summed E-state index contributed by atoms with van der Waals surface area (Å²) in [7, 11) is 0. The Bertz CT molecular complexity index is 3350. The van der Waals surface area contributed by atoms with Crippen molar-refractivity contribution in [3.63, 3.8) is 0 Å². The molecule has 0 aliphatic heterocycles. The van der Waals surface area contributed by atoms with Crippen molar-refractivity contribution in [2.24, 2.45) is 0 Å². The summed E-state index contributed by atoms with van der Waals surface area (Å²) in [5, 5.41) is 9.75. The molecule has 10 aromatic rings. The molecule has 9 aromatic carbocycles. The van der Waals surface area contributed by atoms with Crippen molar-refractivity contribution >= 4 is 0 Å². The molecule has 2 aliphatic rings. The van der Waals surface area contributed by atoms with Gasteiger partial charge in [0.05, 0.1) is 28.4 Å². The monoisotopic (exact) mass is 799 g/mol. The second-order valence-corrected chi connectivity index (χ2v) is 16.4. The third-order valence-corrected chi connectivity index (χ3v) is 13.0. The van der Waals surface area contributed by atoms with Gasteiger partial charge in [-0.05, 0) is 120 Å². The summed E-state index contributed by atoms with van der Waals surface area (Å²) in [5.41, 5.74) is 21.9. The van der Waals surface area contributed by atoms with Gasteiger partial charge >= 0.3 is 0 Å². The predicted molar refractivity (Wildman–Crippen MR) is 256 cm³/mol. The first-order valence-corrected chi connectivity index (χ1v) is 21.4. The van der Waals surface area contributed by atoms with Gasteiger partial charge in [0.2, 0.25) is 0 Å². The molecule has 0 bridgehead atoms. The van der Waals surface area contributed by atoms with E-state index in [9.17, 15) is 5.26 Å². The van der Waals surface area contributed by atoms with Gasteiger partial charge in [-0.25, -0.2) is 9.97 Å². The third-order valence-electron chi connectivity index (χ3n) is 13.0. The number of nitrogens with zero attached hydrogens (tertiary/aromatic N) is 3. The third kappa shape index (κ3) is 5.81. The number of nitriles is 1. The number of hydrogen-bond acceptors (Lipinski definition) is 3. The van der Waals surface area contributed by atoms with Crippen molar-refractivity contribution in [2.75, 3.05) is 0 Å². The molecule has 1 spiro atoms. The van der Waals surface area contributed by atoms with Crippen LogP contribution in [-0.2, 0) is 5.41 Å². The van der Waals surface area contributed by atoms with Crippen LogP contribution in [0.25, 0.3) is 89.5 Å². The first kappa shape index (κ1) is 36.4. The number of benzene rings is 9. The summed E-state index contributed by atoms with van der Waals surface area (Å²) in [6.45, 7) is 0. The van der Waals surface area contributed by atoms with Crippen molar-refractivity contribution in [1.82, 2.24) is 9.97 Å². The SMILES string of the molecule is N#Cc1ccc(-c2cc3c(cc2-c2cccc(-c4cccc(-c5cc(-c6ccccc6)nc(-c6ccccc6)n5)c4)c2)C2(c4ccccc4-c4ccccc42)c2ccccc2-3)cc1. The highest BCUT2D eigenvalue weighted by Gasteiger charge is 2.51.